The SMILES string of the molecule is C[C@]12C[C@H](O)C3C(=CC(=O)[C@@H]4C[C@H](O)CC[C@]34C)C1CC[C@@H]2C(=O)C(=O)O. The number of hydrogen-bond acceptors (Lipinski definition) is 5. The highest BCUT2D eigenvalue weighted by Crippen LogP contribution is 2.65. The average molecular weight is 376 g/mol. The van der Waals surface area contributed by atoms with Gasteiger partial charge in [-0.05, 0) is 61.3 Å². The van der Waals surface area contributed by atoms with E-state index in [-0.39, 0.29) is 23.5 Å². The number of allylic oxidation sites excluding steroid dienone is 1. The lowest BCUT2D eigenvalue weighted by Crippen LogP contribution is -2.57. The zero-order valence-corrected chi connectivity index (χ0v) is 15.9. The van der Waals surface area contributed by atoms with Crippen molar-refractivity contribution in [2.24, 2.45) is 34.5 Å². The molecular weight excluding hydrogens is 348 g/mol. The maximum atomic E-state index is 12.9. The van der Waals surface area contributed by atoms with E-state index in [4.69, 9.17) is 0 Å². The standard InChI is InChI=1S/C21H28O6/c1-20-6-5-10(22)7-14(20)15(23)8-11-12-3-4-13(18(25)19(26)27)21(12,2)9-16(24)17(11)20/h8,10,12-14,16-17,22,24H,3-7,9H2,1-2H3,(H,26,27)/t10-,12?,13-,14+,16+,17?,20+,21+/m1/s1. The third-order valence-corrected chi connectivity index (χ3v) is 8.34. The Morgan fingerprint density at radius 3 is 2.44 bits per heavy atom. The van der Waals surface area contributed by atoms with E-state index in [9.17, 15) is 29.7 Å². The van der Waals surface area contributed by atoms with Gasteiger partial charge in [0.2, 0.25) is 5.78 Å². The number of carbonyl (C=O) groups excluding carboxylic acids is 2. The number of aliphatic carboxylic acids is 1. The molecule has 6 heteroatoms. The molecule has 0 spiro atoms. The third kappa shape index (κ3) is 2.49. The molecule has 0 amide bonds. The fourth-order valence-corrected chi connectivity index (χ4v) is 7.05. The van der Waals surface area contributed by atoms with Gasteiger partial charge in [0.05, 0.1) is 12.2 Å². The number of Topliss-reactive ketones (excluding diaryl/α,β-unsaturated/α-hetero) is 1. The second-order valence-electron chi connectivity index (χ2n) is 9.64. The molecule has 0 aliphatic heterocycles. The van der Waals surface area contributed by atoms with Crippen molar-refractivity contribution in [3.05, 3.63) is 11.6 Å². The average Bonchev–Trinajstić information content (AvgIpc) is 2.92. The lowest BCUT2D eigenvalue weighted by Gasteiger charge is -2.58. The van der Waals surface area contributed by atoms with Crippen LogP contribution in [0, 0.1) is 34.5 Å². The molecule has 4 rings (SSSR count). The molecule has 148 valence electrons. The van der Waals surface area contributed by atoms with Crippen LogP contribution in [0.1, 0.15) is 52.4 Å². The number of aliphatic hydroxyl groups excluding tert-OH is 2. The van der Waals surface area contributed by atoms with Gasteiger partial charge in [0.15, 0.2) is 5.78 Å². The molecule has 3 fully saturated rings. The van der Waals surface area contributed by atoms with E-state index in [1.165, 1.54) is 0 Å². The van der Waals surface area contributed by atoms with Gasteiger partial charge < -0.3 is 15.3 Å². The fraction of sp³-hybridized carbons (Fsp3) is 0.762. The first-order valence-corrected chi connectivity index (χ1v) is 9.98. The van der Waals surface area contributed by atoms with E-state index >= 15 is 0 Å². The van der Waals surface area contributed by atoms with E-state index in [0.717, 1.165) is 5.57 Å². The van der Waals surface area contributed by atoms with Crippen molar-refractivity contribution >= 4 is 17.5 Å². The summed E-state index contributed by atoms with van der Waals surface area (Å²) in [7, 11) is 0. The molecule has 2 unspecified atom stereocenters. The van der Waals surface area contributed by atoms with E-state index < -0.39 is 40.7 Å². The van der Waals surface area contributed by atoms with Crippen LogP contribution in [0.4, 0.5) is 0 Å². The Morgan fingerprint density at radius 1 is 1.07 bits per heavy atom. The number of carbonyl (C=O) groups is 3. The van der Waals surface area contributed by atoms with Gasteiger partial charge in [-0.1, -0.05) is 19.4 Å². The van der Waals surface area contributed by atoms with Gasteiger partial charge in [0.25, 0.3) is 0 Å². The molecule has 0 bridgehead atoms. The topological polar surface area (TPSA) is 112 Å². The van der Waals surface area contributed by atoms with Crippen LogP contribution in [0.5, 0.6) is 0 Å². The Morgan fingerprint density at radius 2 is 1.78 bits per heavy atom. The normalized spacial score (nSPS) is 48.9. The Labute approximate surface area is 158 Å². The van der Waals surface area contributed by atoms with Crippen molar-refractivity contribution in [1.29, 1.82) is 0 Å². The van der Waals surface area contributed by atoms with Gasteiger partial charge in [-0.2, -0.15) is 0 Å². The van der Waals surface area contributed by atoms with Crippen LogP contribution < -0.4 is 0 Å². The quantitative estimate of drug-likeness (QED) is 0.633. The summed E-state index contributed by atoms with van der Waals surface area (Å²) in [6.45, 7) is 3.96. The van der Waals surface area contributed by atoms with Gasteiger partial charge in [-0.15, -0.1) is 0 Å². The van der Waals surface area contributed by atoms with Crippen LogP contribution in [0.15, 0.2) is 11.6 Å². The van der Waals surface area contributed by atoms with Crippen LogP contribution in [0.2, 0.25) is 0 Å². The highest BCUT2D eigenvalue weighted by Gasteiger charge is 2.63. The summed E-state index contributed by atoms with van der Waals surface area (Å²) in [4.78, 5) is 36.5. The fourth-order valence-electron chi connectivity index (χ4n) is 7.05. The third-order valence-electron chi connectivity index (χ3n) is 8.34. The summed E-state index contributed by atoms with van der Waals surface area (Å²) in [6.07, 6.45) is 3.75. The van der Waals surface area contributed by atoms with E-state index in [0.29, 0.717) is 38.5 Å². The number of aliphatic hydroxyl groups is 2. The van der Waals surface area contributed by atoms with E-state index in [1.54, 1.807) is 6.08 Å². The highest BCUT2D eigenvalue weighted by molar-refractivity contribution is 6.33. The molecule has 8 atom stereocenters. The summed E-state index contributed by atoms with van der Waals surface area (Å²) in [5.41, 5.74) is -0.109. The number of fused-ring (bicyclic) bond motifs is 5. The summed E-state index contributed by atoms with van der Waals surface area (Å²) in [5, 5.41) is 30.4. The maximum absolute atomic E-state index is 12.9. The predicted molar refractivity (Wildman–Crippen MR) is 95.6 cm³/mol. The van der Waals surface area contributed by atoms with Crippen LogP contribution in [-0.2, 0) is 14.4 Å². The minimum atomic E-state index is -1.42. The molecule has 3 saturated carbocycles. The van der Waals surface area contributed by atoms with Crippen molar-refractivity contribution in [3.63, 3.8) is 0 Å². The van der Waals surface area contributed by atoms with Gasteiger partial charge >= 0.3 is 5.97 Å². The maximum Gasteiger partial charge on any atom is 0.372 e. The van der Waals surface area contributed by atoms with Crippen LogP contribution in [0.3, 0.4) is 0 Å². The number of ketones is 2. The second kappa shape index (κ2) is 5.98. The molecule has 6 nitrogen and oxygen atoms in total. The Hall–Kier alpha value is -1.53. The van der Waals surface area contributed by atoms with Gasteiger partial charge in [0.1, 0.15) is 0 Å². The Kier molecular flexibility index (Phi) is 4.17. The predicted octanol–water partition coefficient (Wildman–Crippen LogP) is 1.73. The summed E-state index contributed by atoms with van der Waals surface area (Å²) in [5.74, 6) is -3.31. The number of rotatable bonds is 2. The van der Waals surface area contributed by atoms with Gasteiger partial charge in [-0.3, -0.25) is 9.59 Å². The minimum absolute atomic E-state index is 0.00645. The summed E-state index contributed by atoms with van der Waals surface area (Å²) in [6, 6.07) is 0. The molecule has 0 aromatic heterocycles. The Bertz CT molecular complexity index is 741. The molecule has 0 aromatic rings. The largest absolute Gasteiger partial charge is 0.475 e. The number of hydrogen-bond donors (Lipinski definition) is 3. The van der Waals surface area contributed by atoms with Crippen molar-refractivity contribution in [2.75, 3.05) is 0 Å². The molecule has 27 heavy (non-hydrogen) atoms. The molecule has 0 heterocycles. The monoisotopic (exact) mass is 376 g/mol. The van der Waals surface area contributed by atoms with Gasteiger partial charge in [0, 0.05) is 17.8 Å². The first-order chi connectivity index (χ1) is 12.6. The lowest BCUT2D eigenvalue weighted by molar-refractivity contribution is -0.155. The molecule has 3 N–H and O–H groups in total. The van der Waals surface area contributed by atoms with Crippen LogP contribution in [-0.4, -0.2) is 45.1 Å². The number of carboxylic acids is 1. The zero-order valence-electron chi connectivity index (χ0n) is 15.9. The smallest absolute Gasteiger partial charge is 0.372 e. The zero-order chi connectivity index (χ0) is 19.7. The van der Waals surface area contributed by atoms with Crippen molar-refractivity contribution in [2.45, 2.75) is 64.6 Å². The molecule has 0 saturated heterocycles. The van der Waals surface area contributed by atoms with Crippen molar-refractivity contribution in [3.8, 4) is 0 Å². The van der Waals surface area contributed by atoms with Crippen molar-refractivity contribution < 1.29 is 29.7 Å². The highest BCUT2D eigenvalue weighted by atomic mass is 16.4. The second-order valence-corrected chi connectivity index (χ2v) is 9.64. The first-order valence-electron chi connectivity index (χ1n) is 9.98. The lowest BCUT2D eigenvalue weighted by atomic mass is 9.47. The minimum Gasteiger partial charge on any atom is -0.475 e. The summed E-state index contributed by atoms with van der Waals surface area (Å²) >= 11 is 0. The van der Waals surface area contributed by atoms with E-state index in [2.05, 4.69) is 6.92 Å². The van der Waals surface area contributed by atoms with Crippen LogP contribution >= 0.6 is 0 Å². The Balaban J connectivity index is 1.76. The van der Waals surface area contributed by atoms with Crippen LogP contribution in [0.25, 0.3) is 0 Å². The number of carboxylic acid groups (broad SMARTS) is 1. The molecule has 0 radical (unpaired) electrons. The molecule has 4 aliphatic carbocycles. The van der Waals surface area contributed by atoms with E-state index in [1.807, 2.05) is 6.92 Å². The molecular formula is C21H28O6. The molecule has 0 aromatic carbocycles. The molecule has 4 aliphatic rings. The van der Waals surface area contributed by atoms with Crippen molar-refractivity contribution in [1.82, 2.24) is 0 Å². The first kappa shape index (κ1) is 18.8. The van der Waals surface area contributed by atoms with Gasteiger partial charge in [-0.25, -0.2) is 4.79 Å². The summed E-state index contributed by atoms with van der Waals surface area (Å²) < 4.78 is 0.